The molecule has 94 valence electrons. The van der Waals surface area contributed by atoms with Crippen molar-refractivity contribution >= 4 is 5.97 Å². The topological polar surface area (TPSA) is 61.5 Å². The summed E-state index contributed by atoms with van der Waals surface area (Å²) in [4.78, 5) is 11.2. The molecule has 17 heavy (non-hydrogen) atoms. The molecule has 0 radical (unpaired) electrons. The molecule has 0 spiro atoms. The zero-order valence-corrected chi connectivity index (χ0v) is 10.7. The first-order valence-corrected chi connectivity index (χ1v) is 5.47. The van der Waals surface area contributed by atoms with Crippen LogP contribution in [0.1, 0.15) is 16.7 Å². The van der Waals surface area contributed by atoms with Crippen molar-refractivity contribution in [2.75, 3.05) is 14.2 Å². The van der Waals surface area contributed by atoms with Crippen molar-refractivity contribution in [2.24, 2.45) is 5.73 Å². The molecule has 1 aromatic rings. The lowest BCUT2D eigenvalue weighted by atomic mass is 10.0. The highest BCUT2D eigenvalue weighted by Crippen LogP contribution is 2.24. The summed E-state index contributed by atoms with van der Waals surface area (Å²) in [5.41, 5.74) is 8.82. The number of benzene rings is 1. The van der Waals surface area contributed by atoms with E-state index in [2.05, 4.69) is 4.74 Å². The summed E-state index contributed by atoms with van der Waals surface area (Å²) in [6.07, 6.45) is 0.471. The zero-order chi connectivity index (χ0) is 13.0. The summed E-state index contributed by atoms with van der Waals surface area (Å²) in [5, 5.41) is 0. The van der Waals surface area contributed by atoms with Gasteiger partial charge in [-0.05, 0) is 37.0 Å². The number of ether oxygens (including phenoxy) is 2. The van der Waals surface area contributed by atoms with Gasteiger partial charge in [-0.25, -0.2) is 0 Å². The van der Waals surface area contributed by atoms with Crippen LogP contribution in [-0.2, 0) is 16.0 Å². The molecule has 0 aromatic heterocycles. The van der Waals surface area contributed by atoms with Crippen LogP contribution >= 0.6 is 0 Å². The molecule has 0 amide bonds. The fraction of sp³-hybridized carbons (Fsp3) is 0.462. The van der Waals surface area contributed by atoms with Gasteiger partial charge in [-0.2, -0.15) is 0 Å². The van der Waals surface area contributed by atoms with Crippen molar-refractivity contribution in [3.63, 3.8) is 0 Å². The molecule has 0 aliphatic heterocycles. The van der Waals surface area contributed by atoms with Crippen LogP contribution in [0.15, 0.2) is 12.1 Å². The summed E-state index contributed by atoms with van der Waals surface area (Å²) in [7, 11) is 2.99. The molecule has 1 rings (SSSR count). The number of hydrogen-bond donors (Lipinski definition) is 1. The summed E-state index contributed by atoms with van der Waals surface area (Å²) >= 11 is 0. The maximum Gasteiger partial charge on any atom is 0.322 e. The molecule has 2 N–H and O–H groups in total. The minimum atomic E-state index is -0.618. The maximum absolute atomic E-state index is 11.2. The van der Waals surface area contributed by atoms with Crippen LogP contribution in [0.3, 0.4) is 0 Å². The molecule has 1 atom stereocenters. The molecule has 0 aliphatic rings. The average Bonchev–Trinajstić information content (AvgIpc) is 2.27. The quantitative estimate of drug-likeness (QED) is 0.803. The van der Waals surface area contributed by atoms with Crippen molar-refractivity contribution in [1.29, 1.82) is 0 Å². The first-order valence-electron chi connectivity index (χ1n) is 5.47. The molecule has 0 heterocycles. The molecule has 0 saturated heterocycles. The van der Waals surface area contributed by atoms with Crippen LogP contribution in [0.4, 0.5) is 0 Å². The lowest BCUT2D eigenvalue weighted by Gasteiger charge is -2.13. The van der Waals surface area contributed by atoms with E-state index in [1.807, 2.05) is 26.0 Å². The molecule has 0 saturated carbocycles. The Balaban J connectivity index is 2.90. The van der Waals surface area contributed by atoms with Crippen molar-refractivity contribution in [1.82, 2.24) is 0 Å². The molecule has 0 fully saturated rings. The van der Waals surface area contributed by atoms with E-state index in [4.69, 9.17) is 10.5 Å². The van der Waals surface area contributed by atoms with Crippen molar-refractivity contribution in [3.05, 3.63) is 28.8 Å². The van der Waals surface area contributed by atoms with E-state index in [9.17, 15) is 4.79 Å². The molecule has 4 heteroatoms. The van der Waals surface area contributed by atoms with Gasteiger partial charge >= 0.3 is 5.97 Å². The zero-order valence-electron chi connectivity index (χ0n) is 10.7. The number of esters is 1. The van der Waals surface area contributed by atoms with Crippen molar-refractivity contribution in [2.45, 2.75) is 26.3 Å². The Kier molecular flexibility index (Phi) is 4.52. The van der Waals surface area contributed by atoms with Crippen LogP contribution in [0.5, 0.6) is 5.75 Å². The number of aryl methyl sites for hydroxylation is 2. The fourth-order valence-electron chi connectivity index (χ4n) is 1.97. The third kappa shape index (κ3) is 3.20. The molecule has 0 bridgehead atoms. The Morgan fingerprint density at radius 1 is 1.29 bits per heavy atom. The number of carbonyl (C=O) groups is 1. The van der Waals surface area contributed by atoms with Gasteiger partial charge in [0.25, 0.3) is 0 Å². The first kappa shape index (κ1) is 13.5. The van der Waals surface area contributed by atoms with Gasteiger partial charge in [0.2, 0.25) is 0 Å². The monoisotopic (exact) mass is 237 g/mol. The number of nitrogens with two attached hydrogens (primary N) is 1. The predicted molar refractivity (Wildman–Crippen MR) is 66.2 cm³/mol. The molecular formula is C13H19NO3. The third-order valence-corrected chi connectivity index (χ3v) is 2.68. The minimum absolute atomic E-state index is 0.392. The minimum Gasteiger partial charge on any atom is -0.496 e. The largest absolute Gasteiger partial charge is 0.496 e. The summed E-state index contributed by atoms with van der Waals surface area (Å²) in [5.74, 6) is 0.483. The molecular weight excluding hydrogens is 218 g/mol. The summed E-state index contributed by atoms with van der Waals surface area (Å²) in [6.45, 7) is 3.94. The van der Waals surface area contributed by atoms with Crippen LogP contribution in [0.25, 0.3) is 0 Å². The van der Waals surface area contributed by atoms with Gasteiger partial charge < -0.3 is 15.2 Å². The lowest BCUT2D eigenvalue weighted by Crippen LogP contribution is -2.33. The van der Waals surface area contributed by atoms with Gasteiger partial charge in [0.1, 0.15) is 11.8 Å². The second kappa shape index (κ2) is 5.68. The first-order chi connectivity index (χ1) is 7.99. The van der Waals surface area contributed by atoms with Crippen LogP contribution in [0.2, 0.25) is 0 Å². The summed E-state index contributed by atoms with van der Waals surface area (Å²) < 4.78 is 9.88. The van der Waals surface area contributed by atoms with Crippen LogP contribution < -0.4 is 10.5 Å². The second-order valence-corrected chi connectivity index (χ2v) is 4.10. The fourth-order valence-corrected chi connectivity index (χ4v) is 1.97. The number of carbonyl (C=O) groups excluding carboxylic acids is 1. The molecule has 0 unspecified atom stereocenters. The third-order valence-electron chi connectivity index (χ3n) is 2.68. The van der Waals surface area contributed by atoms with Crippen molar-refractivity contribution < 1.29 is 14.3 Å². The van der Waals surface area contributed by atoms with Gasteiger partial charge in [-0.15, -0.1) is 0 Å². The van der Waals surface area contributed by atoms with Crippen LogP contribution in [0, 0.1) is 13.8 Å². The van der Waals surface area contributed by atoms with E-state index >= 15 is 0 Å². The second-order valence-electron chi connectivity index (χ2n) is 4.10. The highest BCUT2D eigenvalue weighted by atomic mass is 16.5. The SMILES string of the molecule is COC(=O)[C@H](N)Cc1cc(C)c(OC)c(C)c1. The molecule has 1 aromatic carbocycles. The van der Waals surface area contributed by atoms with E-state index in [1.165, 1.54) is 7.11 Å². The van der Waals surface area contributed by atoms with Crippen molar-refractivity contribution in [3.8, 4) is 5.75 Å². The Bertz CT molecular complexity index is 392. The van der Waals surface area contributed by atoms with Gasteiger partial charge in [-0.3, -0.25) is 4.79 Å². The number of methoxy groups -OCH3 is 2. The van der Waals surface area contributed by atoms with Gasteiger partial charge in [0.05, 0.1) is 14.2 Å². The van der Waals surface area contributed by atoms with E-state index in [-0.39, 0.29) is 0 Å². The van der Waals surface area contributed by atoms with E-state index in [1.54, 1.807) is 7.11 Å². The predicted octanol–water partition coefficient (Wildman–Crippen LogP) is 1.35. The Morgan fingerprint density at radius 3 is 2.24 bits per heavy atom. The average molecular weight is 237 g/mol. The van der Waals surface area contributed by atoms with E-state index in [0.717, 1.165) is 22.4 Å². The van der Waals surface area contributed by atoms with E-state index < -0.39 is 12.0 Å². The van der Waals surface area contributed by atoms with Crippen LogP contribution in [-0.4, -0.2) is 26.2 Å². The lowest BCUT2D eigenvalue weighted by molar-refractivity contribution is -0.142. The Morgan fingerprint density at radius 2 is 1.82 bits per heavy atom. The number of rotatable bonds is 4. The molecule has 0 aliphatic carbocycles. The summed E-state index contributed by atoms with van der Waals surface area (Å²) in [6, 6.07) is 3.34. The van der Waals surface area contributed by atoms with E-state index in [0.29, 0.717) is 6.42 Å². The van der Waals surface area contributed by atoms with Gasteiger partial charge in [0, 0.05) is 0 Å². The van der Waals surface area contributed by atoms with Gasteiger partial charge in [-0.1, -0.05) is 12.1 Å². The standard InChI is InChI=1S/C13H19NO3/c1-8-5-10(6-9(2)12(8)16-3)7-11(14)13(15)17-4/h5-6,11H,7,14H2,1-4H3/t11-/m1/s1. The Hall–Kier alpha value is -1.55. The maximum atomic E-state index is 11.2. The Labute approximate surface area is 102 Å². The number of hydrogen-bond acceptors (Lipinski definition) is 4. The normalized spacial score (nSPS) is 12.1. The highest BCUT2D eigenvalue weighted by Gasteiger charge is 2.15. The molecule has 4 nitrogen and oxygen atoms in total. The van der Waals surface area contributed by atoms with Gasteiger partial charge in [0.15, 0.2) is 0 Å². The highest BCUT2D eigenvalue weighted by molar-refractivity contribution is 5.75. The smallest absolute Gasteiger partial charge is 0.322 e.